The van der Waals surface area contributed by atoms with Gasteiger partial charge in [0.25, 0.3) is 6.20 Å². The van der Waals surface area contributed by atoms with Gasteiger partial charge in [0.15, 0.2) is 5.82 Å². The third-order valence-electron chi connectivity index (χ3n) is 0.685. The van der Waals surface area contributed by atoms with Crippen LogP contribution in [-0.4, -0.2) is 17.2 Å². The van der Waals surface area contributed by atoms with Crippen LogP contribution in [0, 0.1) is 10.1 Å². The van der Waals surface area contributed by atoms with Gasteiger partial charge in [0.1, 0.15) is 0 Å². The summed E-state index contributed by atoms with van der Waals surface area (Å²) in [6.45, 7) is 0.527. The first-order valence-electron chi connectivity index (χ1n) is 2.62. The average molecular weight is 163 g/mol. The Balaban J connectivity index is 3.60. The summed E-state index contributed by atoms with van der Waals surface area (Å²) in [5, 5.41) is 12.3. The molecular weight excluding hydrogens is 154 g/mol. The Bertz CT molecular complexity index is 147. The first-order chi connectivity index (χ1) is 4.66. The number of nitro groups is 1. The number of hydrogen-bond donors (Lipinski definition) is 3. The van der Waals surface area contributed by atoms with Crippen molar-refractivity contribution in [1.29, 1.82) is 0 Å². The van der Waals surface area contributed by atoms with Gasteiger partial charge in [-0.1, -0.05) is 0 Å². The third-order valence-corrected chi connectivity index (χ3v) is 0.909. The van der Waals surface area contributed by atoms with Gasteiger partial charge in [0.05, 0.1) is 4.92 Å². The number of rotatable bonds is 4. The number of thiol groups is 1. The van der Waals surface area contributed by atoms with Crippen LogP contribution >= 0.6 is 12.6 Å². The highest BCUT2D eigenvalue weighted by molar-refractivity contribution is 7.80. The van der Waals surface area contributed by atoms with Gasteiger partial charge in [-0.25, -0.2) is 0 Å². The van der Waals surface area contributed by atoms with Crippen LogP contribution in [0.15, 0.2) is 12.0 Å². The fourth-order valence-electron chi connectivity index (χ4n) is 0.359. The predicted octanol–water partition coefficient (Wildman–Crippen LogP) is -0.460. The van der Waals surface area contributed by atoms with Gasteiger partial charge in [0.2, 0.25) is 0 Å². The molecule has 0 aromatic carbocycles. The Hall–Kier alpha value is -0.910. The van der Waals surface area contributed by atoms with Crippen molar-refractivity contribution >= 4 is 12.6 Å². The normalized spacial score (nSPS) is 11.1. The molecule has 0 spiro atoms. The zero-order valence-electron chi connectivity index (χ0n) is 5.28. The number of nitrogens with one attached hydrogen (secondary N) is 1. The van der Waals surface area contributed by atoms with Crippen molar-refractivity contribution in [3.63, 3.8) is 0 Å². The molecule has 0 heterocycles. The molecule has 0 unspecified atom stereocenters. The lowest BCUT2D eigenvalue weighted by molar-refractivity contribution is -0.403. The van der Waals surface area contributed by atoms with E-state index in [0.29, 0.717) is 18.5 Å². The largest absolute Gasteiger partial charge is 0.380 e. The minimum atomic E-state index is -0.610. The molecule has 0 rings (SSSR count). The van der Waals surface area contributed by atoms with Crippen LogP contribution < -0.4 is 11.1 Å². The van der Waals surface area contributed by atoms with Gasteiger partial charge in [0, 0.05) is 12.3 Å². The van der Waals surface area contributed by atoms with Gasteiger partial charge in [-0.15, -0.1) is 0 Å². The molecular formula is C4H9N3O2S. The third kappa shape index (κ3) is 5.23. The molecule has 0 saturated carbocycles. The molecule has 58 valence electrons. The Morgan fingerprint density at radius 1 is 1.90 bits per heavy atom. The van der Waals surface area contributed by atoms with E-state index in [1.54, 1.807) is 0 Å². The lowest BCUT2D eigenvalue weighted by atomic mass is 10.6. The van der Waals surface area contributed by atoms with Gasteiger partial charge in [-0.2, -0.15) is 12.6 Å². The van der Waals surface area contributed by atoms with Gasteiger partial charge in [-0.05, 0) is 0 Å². The number of hydrogen-bond acceptors (Lipinski definition) is 5. The van der Waals surface area contributed by atoms with Crippen LogP contribution in [0.5, 0.6) is 0 Å². The molecule has 0 radical (unpaired) electrons. The fourth-order valence-corrected chi connectivity index (χ4v) is 0.471. The minimum Gasteiger partial charge on any atom is -0.380 e. The Morgan fingerprint density at radius 2 is 2.50 bits per heavy atom. The molecule has 0 saturated heterocycles. The second-order valence-corrected chi connectivity index (χ2v) is 1.97. The van der Waals surface area contributed by atoms with Crippen molar-refractivity contribution in [1.82, 2.24) is 5.32 Å². The lowest BCUT2D eigenvalue weighted by Crippen LogP contribution is -2.22. The van der Waals surface area contributed by atoms with Gasteiger partial charge in [-0.3, -0.25) is 10.1 Å². The Labute approximate surface area is 63.8 Å². The summed E-state index contributed by atoms with van der Waals surface area (Å²) < 4.78 is 0. The van der Waals surface area contributed by atoms with Crippen molar-refractivity contribution in [2.45, 2.75) is 0 Å². The predicted molar refractivity (Wildman–Crippen MR) is 41.1 cm³/mol. The highest BCUT2D eigenvalue weighted by atomic mass is 32.1. The lowest BCUT2D eigenvalue weighted by Gasteiger charge is -1.98. The highest BCUT2D eigenvalue weighted by Gasteiger charge is 1.93. The summed E-state index contributed by atoms with van der Waals surface area (Å²) in [6.07, 6.45) is 0.712. The van der Waals surface area contributed by atoms with E-state index in [-0.39, 0.29) is 5.82 Å². The maximum absolute atomic E-state index is 9.76. The van der Waals surface area contributed by atoms with E-state index in [1.165, 1.54) is 0 Å². The van der Waals surface area contributed by atoms with Crippen molar-refractivity contribution in [3.8, 4) is 0 Å². The molecule has 0 atom stereocenters. The molecule has 0 aliphatic carbocycles. The number of nitrogens with two attached hydrogens (primary N) is 1. The van der Waals surface area contributed by atoms with Crippen LogP contribution in [0.3, 0.4) is 0 Å². The Morgan fingerprint density at radius 3 is 2.90 bits per heavy atom. The maximum Gasteiger partial charge on any atom is 0.273 e. The SMILES string of the molecule is NC(=C[N+](=O)[O-])NCCS. The maximum atomic E-state index is 9.76. The van der Waals surface area contributed by atoms with E-state index >= 15 is 0 Å². The van der Waals surface area contributed by atoms with Crippen LogP contribution in [0.2, 0.25) is 0 Å². The Kier molecular flexibility index (Phi) is 4.47. The summed E-state index contributed by atoms with van der Waals surface area (Å²) in [5.74, 6) is 0.644. The second kappa shape index (κ2) is 4.92. The van der Waals surface area contributed by atoms with E-state index in [2.05, 4.69) is 17.9 Å². The zero-order chi connectivity index (χ0) is 7.98. The highest BCUT2D eigenvalue weighted by Crippen LogP contribution is 1.78. The zero-order valence-corrected chi connectivity index (χ0v) is 6.17. The molecule has 0 amide bonds. The second-order valence-electron chi connectivity index (χ2n) is 1.52. The van der Waals surface area contributed by atoms with Crippen LogP contribution in [0.25, 0.3) is 0 Å². The average Bonchev–Trinajstić information content (AvgIpc) is 1.82. The molecule has 3 N–H and O–H groups in total. The standard InChI is InChI=1S/C4H9N3O2S/c5-4(3-7(8)9)6-1-2-10/h3,6,10H,1-2,5H2. The molecule has 10 heavy (non-hydrogen) atoms. The molecule has 0 aromatic heterocycles. The summed E-state index contributed by atoms with van der Waals surface area (Å²) in [6, 6.07) is 0. The van der Waals surface area contributed by atoms with E-state index in [1.807, 2.05) is 0 Å². The van der Waals surface area contributed by atoms with Crippen molar-refractivity contribution in [3.05, 3.63) is 22.1 Å². The summed E-state index contributed by atoms with van der Waals surface area (Å²) in [7, 11) is 0. The molecule has 0 bridgehead atoms. The topological polar surface area (TPSA) is 81.2 Å². The molecule has 0 aliphatic heterocycles. The van der Waals surface area contributed by atoms with Crippen LogP contribution in [0.1, 0.15) is 0 Å². The van der Waals surface area contributed by atoms with Crippen LogP contribution in [-0.2, 0) is 0 Å². The summed E-state index contributed by atoms with van der Waals surface area (Å²) in [4.78, 5) is 9.15. The molecule has 6 heteroatoms. The first-order valence-corrected chi connectivity index (χ1v) is 3.25. The smallest absolute Gasteiger partial charge is 0.273 e. The van der Waals surface area contributed by atoms with E-state index in [9.17, 15) is 10.1 Å². The van der Waals surface area contributed by atoms with Crippen molar-refractivity contribution < 1.29 is 4.92 Å². The molecule has 0 aliphatic rings. The monoisotopic (exact) mass is 163 g/mol. The van der Waals surface area contributed by atoms with Crippen molar-refractivity contribution in [2.75, 3.05) is 12.3 Å². The molecule has 5 nitrogen and oxygen atoms in total. The van der Waals surface area contributed by atoms with E-state index < -0.39 is 4.92 Å². The molecule has 0 fully saturated rings. The summed E-state index contributed by atoms with van der Waals surface area (Å²) >= 11 is 3.87. The summed E-state index contributed by atoms with van der Waals surface area (Å²) in [5.41, 5.74) is 5.14. The number of nitrogens with zero attached hydrogens (tertiary/aromatic N) is 1. The van der Waals surface area contributed by atoms with Crippen LogP contribution in [0.4, 0.5) is 0 Å². The molecule has 0 aromatic rings. The van der Waals surface area contributed by atoms with E-state index in [4.69, 9.17) is 5.73 Å². The van der Waals surface area contributed by atoms with Gasteiger partial charge >= 0.3 is 0 Å². The fraction of sp³-hybridized carbons (Fsp3) is 0.500. The van der Waals surface area contributed by atoms with Gasteiger partial charge < -0.3 is 11.1 Å². The quantitative estimate of drug-likeness (QED) is 0.297. The van der Waals surface area contributed by atoms with Crippen molar-refractivity contribution in [2.24, 2.45) is 5.73 Å². The first kappa shape index (κ1) is 9.09. The minimum absolute atomic E-state index is 0.0547. The van der Waals surface area contributed by atoms with E-state index in [0.717, 1.165) is 0 Å².